The monoisotopic (exact) mass is 321 g/mol. The summed E-state index contributed by atoms with van der Waals surface area (Å²) < 4.78 is 30.5. The molecule has 2 N–H and O–H groups in total. The molecule has 0 aliphatic carbocycles. The predicted octanol–water partition coefficient (Wildman–Crippen LogP) is 0.878. The molecule has 0 heterocycles. The molecule has 9 heteroatoms. The van der Waals surface area contributed by atoms with Crippen LogP contribution in [-0.4, -0.2) is 38.6 Å². The van der Waals surface area contributed by atoms with E-state index in [0.29, 0.717) is 0 Å². The highest BCUT2D eigenvalue weighted by Gasteiger charge is 2.24. The number of carbonyl (C=O) groups excluding carboxylic acids is 1. The number of esters is 1. The second-order valence-corrected chi connectivity index (χ2v) is 5.93. The quantitative estimate of drug-likeness (QED) is 0.779. The summed E-state index contributed by atoms with van der Waals surface area (Å²) in [6.45, 7) is 1.30. The number of carboxylic acids is 1. The van der Waals surface area contributed by atoms with Gasteiger partial charge in [-0.05, 0) is 25.1 Å². The molecule has 0 saturated heterocycles. The minimum atomic E-state index is -4.06. The molecule has 0 fully saturated rings. The van der Waals surface area contributed by atoms with Crippen LogP contribution in [0.25, 0.3) is 0 Å². The van der Waals surface area contributed by atoms with Gasteiger partial charge in [0.05, 0.1) is 22.6 Å². The Kier molecular flexibility index (Phi) is 5.09. The third-order valence-corrected chi connectivity index (χ3v) is 4.23. The lowest BCUT2D eigenvalue weighted by atomic mass is 10.2. The zero-order chi connectivity index (χ0) is 15.5. The Hall–Kier alpha value is -1.64. The van der Waals surface area contributed by atoms with Gasteiger partial charge in [-0.15, -0.1) is 0 Å². The zero-order valence-corrected chi connectivity index (χ0v) is 12.2. The Morgan fingerprint density at radius 3 is 2.50 bits per heavy atom. The molecule has 0 amide bonds. The van der Waals surface area contributed by atoms with Gasteiger partial charge < -0.3 is 9.84 Å². The Morgan fingerprint density at radius 1 is 1.40 bits per heavy atom. The van der Waals surface area contributed by atoms with Crippen LogP contribution in [0.1, 0.15) is 17.3 Å². The molecule has 0 aromatic heterocycles. The fraction of sp³-hybridized carbons (Fsp3) is 0.273. The van der Waals surface area contributed by atoms with Gasteiger partial charge in [0.25, 0.3) is 0 Å². The number of rotatable bonds is 5. The van der Waals surface area contributed by atoms with E-state index in [4.69, 9.17) is 16.7 Å². The number of sulfonamides is 1. The van der Waals surface area contributed by atoms with E-state index < -0.39 is 28.0 Å². The summed E-state index contributed by atoms with van der Waals surface area (Å²) in [4.78, 5) is 21.8. The van der Waals surface area contributed by atoms with Crippen LogP contribution < -0.4 is 4.72 Å². The Bertz CT molecular complexity index is 642. The van der Waals surface area contributed by atoms with Gasteiger partial charge in [0.15, 0.2) is 0 Å². The van der Waals surface area contributed by atoms with Gasteiger partial charge in [0.1, 0.15) is 6.04 Å². The summed E-state index contributed by atoms with van der Waals surface area (Å²) in [7, 11) is -2.94. The number of methoxy groups -OCH3 is 1. The fourth-order valence-corrected chi connectivity index (χ4v) is 2.78. The number of aromatic carboxylic acids is 1. The smallest absolute Gasteiger partial charge is 0.337 e. The lowest BCUT2D eigenvalue weighted by Gasteiger charge is -2.12. The van der Waals surface area contributed by atoms with Crippen LogP contribution in [0.5, 0.6) is 0 Å². The Balaban J connectivity index is 3.13. The number of carboxylic acid groups (broad SMARTS) is 1. The lowest BCUT2D eigenvalue weighted by molar-refractivity contribution is -0.142. The molecule has 0 saturated carbocycles. The van der Waals surface area contributed by atoms with Crippen molar-refractivity contribution in [1.82, 2.24) is 4.72 Å². The number of carbonyl (C=O) groups is 2. The van der Waals surface area contributed by atoms with Gasteiger partial charge in [-0.3, -0.25) is 4.79 Å². The van der Waals surface area contributed by atoms with E-state index in [9.17, 15) is 18.0 Å². The van der Waals surface area contributed by atoms with Crippen LogP contribution >= 0.6 is 11.6 Å². The van der Waals surface area contributed by atoms with E-state index in [0.717, 1.165) is 25.3 Å². The van der Waals surface area contributed by atoms with Gasteiger partial charge in [-0.25, -0.2) is 13.2 Å². The zero-order valence-electron chi connectivity index (χ0n) is 10.6. The Morgan fingerprint density at radius 2 is 2.00 bits per heavy atom. The van der Waals surface area contributed by atoms with Crippen molar-refractivity contribution < 1.29 is 27.9 Å². The number of ether oxygens (including phenoxy) is 1. The van der Waals surface area contributed by atoms with Gasteiger partial charge in [0, 0.05) is 0 Å². The van der Waals surface area contributed by atoms with E-state index in [-0.39, 0.29) is 15.5 Å². The minimum absolute atomic E-state index is 0.0857. The van der Waals surface area contributed by atoms with E-state index in [1.54, 1.807) is 0 Å². The van der Waals surface area contributed by atoms with Crippen molar-refractivity contribution in [2.45, 2.75) is 17.9 Å². The third-order valence-electron chi connectivity index (χ3n) is 2.37. The first-order valence-corrected chi connectivity index (χ1v) is 7.18. The molecule has 1 aromatic rings. The summed E-state index contributed by atoms with van der Waals surface area (Å²) in [6.07, 6.45) is 0. The summed E-state index contributed by atoms with van der Waals surface area (Å²) in [5, 5.41) is 8.80. The normalized spacial score (nSPS) is 12.8. The average molecular weight is 322 g/mol. The second-order valence-electron chi connectivity index (χ2n) is 3.81. The maximum Gasteiger partial charge on any atom is 0.337 e. The van der Waals surface area contributed by atoms with Crippen molar-refractivity contribution in [3.8, 4) is 0 Å². The topological polar surface area (TPSA) is 110 Å². The standard InChI is InChI=1S/C11H12ClNO6S/c1-6(11(16)19-2)13-20(17,18)7-3-4-9(12)8(5-7)10(14)15/h3-6,13H,1-2H3,(H,14,15)/t6-/m0/s1. The number of nitrogens with one attached hydrogen (secondary N) is 1. The minimum Gasteiger partial charge on any atom is -0.478 e. The molecule has 0 bridgehead atoms. The van der Waals surface area contributed by atoms with Crippen molar-refractivity contribution >= 4 is 33.6 Å². The highest BCUT2D eigenvalue weighted by atomic mass is 35.5. The average Bonchev–Trinajstić information content (AvgIpc) is 2.36. The second kappa shape index (κ2) is 6.21. The van der Waals surface area contributed by atoms with Crippen LogP contribution in [-0.2, 0) is 19.6 Å². The summed E-state index contributed by atoms with van der Waals surface area (Å²) in [5.74, 6) is -2.12. The molecule has 0 aliphatic heterocycles. The van der Waals surface area contributed by atoms with E-state index in [1.807, 2.05) is 0 Å². The molecule has 1 atom stereocenters. The predicted molar refractivity (Wildman–Crippen MR) is 70.2 cm³/mol. The highest BCUT2D eigenvalue weighted by Crippen LogP contribution is 2.20. The first-order valence-electron chi connectivity index (χ1n) is 5.32. The highest BCUT2D eigenvalue weighted by molar-refractivity contribution is 7.89. The molecule has 20 heavy (non-hydrogen) atoms. The number of halogens is 1. The van der Waals surface area contributed by atoms with Crippen LogP contribution in [0.4, 0.5) is 0 Å². The summed E-state index contributed by atoms with van der Waals surface area (Å²) >= 11 is 5.65. The van der Waals surface area contributed by atoms with Gasteiger partial charge in [-0.1, -0.05) is 11.6 Å². The van der Waals surface area contributed by atoms with Gasteiger partial charge in [0.2, 0.25) is 10.0 Å². The summed E-state index contributed by atoms with van der Waals surface area (Å²) in [5.41, 5.74) is -0.347. The lowest BCUT2D eigenvalue weighted by Crippen LogP contribution is -2.39. The maximum atomic E-state index is 12.0. The van der Waals surface area contributed by atoms with Crippen molar-refractivity contribution in [3.63, 3.8) is 0 Å². The van der Waals surface area contributed by atoms with Crippen molar-refractivity contribution in [3.05, 3.63) is 28.8 Å². The molecular weight excluding hydrogens is 310 g/mol. The van der Waals surface area contributed by atoms with E-state index in [1.165, 1.54) is 6.92 Å². The Labute approximate surface area is 120 Å². The molecule has 1 aromatic carbocycles. The van der Waals surface area contributed by atoms with E-state index >= 15 is 0 Å². The fourth-order valence-electron chi connectivity index (χ4n) is 1.36. The maximum absolute atomic E-state index is 12.0. The molecule has 0 spiro atoms. The van der Waals surface area contributed by atoms with Crippen LogP contribution in [0.2, 0.25) is 5.02 Å². The van der Waals surface area contributed by atoms with Gasteiger partial charge >= 0.3 is 11.9 Å². The summed E-state index contributed by atoms with van der Waals surface area (Å²) in [6, 6.07) is 2.11. The van der Waals surface area contributed by atoms with Crippen LogP contribution in [0.15, 0.2) is 23.1 Å². The van der Waals surface area contributed by atoms with Crippen molar-refractivity contribution in [2.75, 3.05) is 7.11 Å². The molecule has 0 radical (unpaired) electrons. The molecule has 0 aliphatic rings. The van der Waals surface area contributed by atoms with Crippen molar-refractivity contribution in [2.24, 2.45) is 0 Å². The first kappa shape index (κ1) is 16.4. The molecular formula is C11H12ClNO6S. The number of benzene rings is 1. The third kappa shape index (κ3) is 3.69. The van der Waals surface area contributed by atoms with E-state index in [2.05, 4.69) is 9.46 Å². The first-order chi connectivity index (χ1) is 9.19. The molecule has 0 unspecified atom stereocenters. The van der Waals surface area contributed by atoms with Crippen molar-refractivity contribution in [1.29, 1.82) is 0 Å². The number of hydrogen-bond donors (Lipinski definition) is 2. The van der Waals surface area contributed by atoms with Crippen LogP contribution in [0, 0.1) is 0 Å². The SMILES string of the molecule is COC(=O)[C@H](C)NS(=O)(=O)c1ccc(Cl)c(C(=O)O)c1. The van der Waals surface area contributed by atoms with Crippen LogP contribution in [0.3, 0.4) is 0 Å². The molecule has 7 nitrogen and oxygen atoms in total. The number of hydrogen-bond acceptors (Lipinski definition) is 5. The molecule has 1 rings (SSSR count). The molecule has 110 valence electrons. The van der Waals surface area contributed by atoms with Gasteiger partial charge in [-0.2, -0.15) is 4.72 Å². The largest absolute Gasteiger partial charge is 0.478 e.